The third-order valence-electron chi connectivity index (χ3n) is 3.95. The molecule has 1 saturated carbocycles. The summed E-state index contributed by atoms with van der Waals surface area (Å²) < 4.78 is 0. The molecular weight excluding hydrogens is 216 g/mol. The molecule has 0 aromatic carbocycles. The van der Waals surface area contributed by atoms with Crippen LogP contribution in [0.2, 0.25) is 0 Å². The first-order valence-electron chi connectivity index (χ1n) is 6.67. The second-order valence-electron chi connectivity index (χ2n) is 5.28. The average Bonchev–Trinajstić information content (AvgIpc) is 2.66. The van der Waals surface area contributed by atoms with Crippen LogP contribution in [-0.2, 0) is 4.79 Å². The zero-order chi connectivity index (χ0) is 12.5. The van der Waals surface area contributed by atoms with Crippen molar-refractivity contribution in [2.75, 3.05) is 0 Å². The van der Waals surface area contributed by atoms with Gasteiger partial charge in [-0.2, -0.15) is 5.10 Å². The first kappa shape index (κ1) is 12.6. The molecule has 0 aromatic rings. The Bertz CT molecular complexity index is 334. The van der Waals surface area contributed by atoms with Crippen LogP contribution in [0.1, 0.15) is 58.8 Å². The lowest BCUT2D eigenvalue weighted by Gasteiger charge is -2.39. The summed E-state index contributed by atoms with van der Waals surface area (Å²) in [5.41, 5.74) is -0.183. The van der Waals surface area contributed by atoms with Crippen LogP contribution in [0.4, 0.5) is 0 Å². The van der Waals surface area contributed by atoms with Gasteiger partial charge in [0.15, 0.2) is 5.72 Å². The van der Waals surface area contributed by atoms with Gasteiger partial charge in [0.05, 0.1) is 0 Å². The lowest BCUT2D eigenvalue weighted by atomic mass is 9.79. The maximum atomic E-state index is 11.9. The van der Waals surface area contributed by atoms with Crippen molar-refractivity contribution in [2.45, 2.75) is 64.5 Å². The van der Waals surface area contributed by atoms with E-state index in [0.29, 0.717) is 12.8 Å². The summed E-state index contributed by atoms with van der Waals surface area (Å²) in [6.45, 7) is 3.70. The number of carbonyl (C=O) groups is 1. The van der Waals surface area contributed by atoms with Gasteiger partial charge in [0.2, 0.25) is 5.91 Å². The molecule has 0 aromatic heterocycles. The minimum Gasteiger partial charge on any atom is -0.368 e. The minimum absolute atomic E-state index is 0.0741. The highest BCUT2D eigenvalue weighted by Crippen LogP contribution is 2.40. The van der Waals surface area contributed by atoms with Crippen LogP contribution >= 0.6 is 0 Å². The molecule has 4 heteroatoms. The second-order valence-corrected chi connectivity index (χ2v) is 5.28. The van der Waals surface area contributed by atoms with Crippen molar-refractivity contribution in [3.05, 3.63) is 0 Å². The van der Waals surface area contributed by atoms with Crippen LogP contribution in [0.15, 0.2) is 5.10 Å². The Balaban J connectivity index is 2.19. The molecule has 2 rings (SSSR count). The zero-order valence-electron chi connectivity index (χ0n) is 10.8. The van der Waals surface area contributed by atoms with E-state index in [1.165, 1.54) is 11.4 Å². The highest BCUT2D eigenvalue weighted by molar-refractivity contribution is 5.88. The SMILES string of the molecule is CCC(=O)N1N=C(C)C[C@@]1(O)C1CCCCC1. The Morgan fingerprint density at radius 3 is 2.71 bits per heavy atom. The van der Waals surface area contributed by atoms with Crippen molar-refractivity contribution >= 4 is 11.6 Å². The monoisotopic (exact) mass is 238 g/mol. The molecule has 1 amide bonds. The van der Waals surface area contributed by atoms with Gasteiger partial charge in [-0.15, -0.1) is 0 Å². The molecule has 1 N–H and O–H groups in total. The molecule has 0 radical (unpaired) electrons. The number of nitrogens with zero attached hydrogens (tertiary/aromatic N) is 2. The molecule has 1 fully saturated rings. The summed E-state index contributed by atoms with van der Waals surface area (Å²) in [6.07, 6.45) is 6.48. The summed E-state index contributed by atoms with van der Waals surface area (Å²) in [4.78, 5) is 11.9. The smallest absolute Gasteiger partial charge is 0.245 e. The maximum absolute atomic E-state index is 11.9. The molecule has 4 nitrogen and oxygen atoms in total. The molecule has 0 spiro atoms. The van der Waals surface area contributed by atoms with Crippen molar-refractivity contribution in [3.8, 4) is 0 Å². The summed E-state index contributed by atoms with van der Waals surface area (Å²) in [5, 5.41) is 16.4. The Labute approximate surface area is 103 Å². The highest BCUT2D eigenvalue weighted by Gasteiger charge is 2.48. The Kier molecular flexibility index (Phi) is 3.52. The summed E-state index contributed by atoms with van der Waals surface area (Å²) in [6, 6.07) is 0. The van der Waals surface area contributed by atoms with Gasteiger partial charge in [0, 0.05) is 24.5 Å². The average molecular weight is 238 g/mol. The van der Waals surface area contributed by atoms with Crippen molar-refractivity contribution in [2.24, 2.45) is 11.0 Å². The standard InChI is InChI=1S/C13H22N2O2/c1-3-12(16)15-13(17,9-10(2)14-15)11-7-5-4-6-8-11/h11,17H,3-9H2,1-2H3/t13-/m1/s1. The molecule has 0 saturated heterocycles. The Morgan fingerprint density at radius 2 is 2.12 bits per heavy atom. The van der Waals surface area contributed by atoms with E-state index in [2.05, 4.69) is 5.10 Å². The molecular formula is C13H22N2O2. The van der Waals surface area contributed by atoms with E-state index in [1.54, 1.807) is 0 Å². The number of amides is 1. The molecule has 1 aliphatic carbocycles. The van der Waals surface area contributed by atoms with Crippen molar-refractivity contribution < 1.29 is 9.90 Å². The van der Waals surface area contributed by atoms with E-state index in [4.69, 9.17) is 0 Å². The molecule has 2 aliphatic rings. The fourth-order valence-corrected chi connectivity index (χ4v) is 3.05. The predicted molar refractivity (Wildman–Crippen MR) is 66.4 cm³/mol. The number of hydrogen-bond donors (Lipinski definition) is 1. The van der Waals surface area contributed by atoms with E-state index >= 15 is 0 Å². The van der Waals surface area contributed by atoms with E-state index < -0.39 is 5.72 Å². The summed E-state index contributed by atoms with van der Waals surface area (Å²) in [7, 11) is 0. The Morgan fingerprint density at radius 1 is 1.47 bits per heavy atom. The van der Waals surface area contributed by atoms with Crippen LogP contribution in [0.25, 0.3) is 0 Å². The van der Waals surface area contributed by atoms with Crippen molar-refractivity contribution in [1.29, 1.82) is 0 Å². The van der Waals surface area contributed by atoms with Crippen LogP contribution in [-0.4, -0.2) is 27.5 Å². The van der Waals surface area contributed by atoms with E-state index in [9.17, 15) is 9.90 Å². The molecule has 1 heterocycles. The molecule has 1 aliphatic heterocycles. The number of hydrazone groups is 1. The zero-order valence-corrected chi connectivity index (χ0v) is 10.8. The van der Waals surface area contributed by atoms with Gasteiger partial charge in [-0.05, 0) is 19.8 Å². The first-order chi connectivity index (χ1) is 8.08. The number of carbonyl (C=O) groups excluding carboxylic acids is 1. The van der Waals surface area contributed by atoms with Gasteiger partial charge < -0.3 is 5.11 Å². The predicted octanol–water partition coefficient (Wildman–Crippen LogP) is 2.27. The second kappa shape index (κ2) is 4.77. The lowest BCUT2D eigenvalue weighted by molar-refractivity contribution is -0.171. The Hall–Kier alpha value is -0.900. The van der Waals surface area contributed by atoms with Crippen molar-refractivity contribution in [1.82, 2.24) is 5.01 Å². The van der Waals surface area contributed by atoms with Crippen molar-refractivity contribution in [3.63, 3.8) is 0 Å². The third kappa shape index (κ3) is 2.23. The first-order valence-corrected chi connectivity index (χ1v) is 6.67. The summed E-state index contributed by atoms with van der Waals surface area (Å²) >= 11 is 0. The van der Waals surface area contributed by atoms with Gasteiger partial charge in [-0.1, -0.05) is 26.2 Å². The van der Waals surface area contributed by atoms with Crippen LogP contribution < -0.4 is 0 Å². The van der Waals surface area contributed by atoms with E-state index in [1.807, 2.05) is 13.8 Å². The molecule has 17 heavy (non-hydrogen) atoms. The van der Waals surface area contributed by atoms with Gasteiger partial charge >= 0.3 is 0 Å². The van der Waals surface area contributed by atoms with Crippen LogP contribution in [0, 0.1) is 5.92 Å². The number of hydrogen-bond acceptors (Lipinski definition) is 3. The van der Waals surface area contributed by atoms with Crippen LogP contribution in [0.5, 0.6) is 0 Å². The fourth-order valence-electron chi connectivity index (χ4n) is 3.05. The lowest BCUT2D eigenvalue weighted by Crippen LogP contribution is -2.52. The third-order valence-corrected chi connectivity index (χ3v) is 3.95. The highest BCUT2D eigenvalue weighted by atomic mass is 16.3. The van der Waals surface area contributed by atoms with Gasteiger partial charge in [-0.3, -0.25) is 4.79 Å². The maximum Gasteiger partial charge on any atom is 0.245 e. The van der Waals surface area contributed by atoms with E-state index in [-0.39, 0.29) is 11.8 Å². The number of aliphatic hydroxyl groups is 1. The quantitative estimate of drug-likeness (QED) is 0.802. The minimum atomic E-state index is -1.04. The largest absolute Gasteiger partial charge is 0.368 e. The summed E-state index contributed by atoms with van der Waals surface area (Å²) in [5.74, 6) is 0.114. The normalized spacial score (nSPS) is 30.5. The molecule has 1 atom stereocenters. The van der Waals surface area contributed by atoms with Crippen LogP contribution in [0.3, 0.4) is 0 Å². The molecule has 0 bridgehead atoms. The fraction of sp³-hybridized carbons (Fsp3) is 0.846. The van der Waals surface area contributed by atoms with Gasteiger partial charge in [0.25, 0.3) is 0 Å². The molecule has 96 valence electrons. The van der Waals surface area contributed by atoms with Gasteiger partial charge in [0.1, 0.15) is 0 Å². The molecule has 0 unspecified atom stereocenters. The van der Waals surface area contributed by atoms with Gasteiger partial charge in [-0.25, -0.2) is 5.01 Å². The van der Waals surface area contributed by atoms with E-state index in [0.717, 1.165) is 31.4 Å². The number of rotatable bonds is 2. The topological polar surface area (TPSA) is 52.9 Å².